The summed E-state index contributed by atoms with van der Waals surface area (Å²) >= 11 is 0. The van der Waals surface area contributed by atoms with Gasteiger partial charge in [0.25, 0.3) is 5.69 Å². The van der Waals surface area contributed by atoms with Crippen LogP contribution in [0.1, 0.15) is 40.4 Å². The number of nitro benzene ring substituents is 1. The van der Waals surface area contributed by atoms with Gasteiger partial charge in [-0.3, -0.25) is 14.9 Å². The third kappa shape index (κ3) is 3.10. The van der Waals surface area contributed by atoms with Gasteiger partial charge in [-0.25, -0.2) is 0 Å². The molecule has 2 rings (SSSR count). The highest BCUT2D eigenvalue weighted by Crippen LogP contribution is 2.30. The summed E-state index contributed by atoms with van der Waals surface area (Å²) in [5.41, 5.74) is 1.47. The molecule has 0 saturated carbocycles. The standard InChI is InChI=1S/C15H16N2O4/c1-9-6-13(11(3)21-9)10(2)16-14-5-4-12(8-18)7-15(14)17(19)20/h4-8,10,16H,1-3H3. The van der Waals surface area contributed by atoms with E-state index in [0.717, 1.165) is 17.1 Å². The smallest absolute Gasteiger partial charge is 0.293 e. The number of nitrogens with one attached hydrogen (secondary N) is 1. The molecule has 1 atom stereocenters. The van der Waals surface area contributed by atoms with Gasteiger partial charge in [-0.15, -0.1) is 0 Å². The van der Waals surface area contributed by atoms with E-state index in [4.69, 9.17) is 4.42 Å². The van der Waals surface area contributed by atoms with Crippen molar-refractivity contribution >= 4 is 17.7 Å². The average Bonchev–Trinajstić information content (AvgIpc) is 2.78. The lowest BCUT2D eigenvalue weighted by atomic mass is 10.1. The lowest BCUT2D eigenvalue weighted by Gasteiger charge is -2.14. The van der Waals surface area contributed by atoms with Gasteiger partial charge < -0.3 is 9.73 Å². The summed E-state index contributed by atoms with van der Waals surface area (Å²) in [4.78, 5) is 21.3. The largest absolute Gasteiger partial charge is 0.466 e. The Morgan fingerprint density at radius 1 is 1.33 bits per heavy atom. The third-order valence-corrected chi connectivity index (χ3v) is 3.27. The number of carbonyl (C=O) groups excluding carboxylic acids is 1. The molecule has 6 nitrogen and oxygen atoms in total. The second kappa shape index (κ2) is 5.78. The monoisotopic (exact) mass is 288 g/mol. The fraction of sp³-hybridized carbons (Fsp3) is 0.267. The SMILES string of the molecule is Cc1cc(C(C)Nc2ccc(C=O)cc2[N+](=O)[O-])c(C)o1. The number of rotatable bonds is 5. The fourth-order valence-electron chi connectivity index (χ4n) is 2.29. The van der Waals surface area contributed by atoms with E-state index < -0.39 is 4.92 Å². The van der Waals surface area contributed by atoms with Crippen molar-refractivity contribution in [2.45, 2.75) is 26.8 Å². The van der Waals surface area contributed by atoms with Crippen LogP contribution >= 0.6 is 0 Å². The van der Waals surface area contributed by atoms with Crippen molar-refractivity contribution in [1.29, 1.82) is 0 Å². The first-order valence-electron chi connectivity index (χ1n) is 6.49. The minimum atomic E-state index is -0.504. The van der Waals surface area contributed by atoms with Gasteiger partial charge in [0.2, 0.25) is 0 Å². The Labute approximate surface area is 121 Å². The second-order valence-corrected chi connectivity index (χ2v) is 4.89. The van der Waals surface area contributed by atoms with Crippen LogP contribution in [0.25, 0.3) is 0 Å². The van der Waals surface area contributed by atoms with E-state index in [0.29, 0.717) is 12.0 Å². The van der Waals surface area contributed by atoms with Crippen LogP contribution in [0, 0.1) is 24.0 Å². The van der Waals surface area contributed by atoms with Gasteiger partial charge in [-0.2, -0.15) is 0 Å². The highest BCUT2D eigenvalue weighted by molar-refractivity contribution is 5.79. The third-order valence-electron chi connectivity index (χ3n) is 3.27. The molecule has 0 bridgehead atoms. The molecule has 1 aromatic heterocycles. The summed E-state index contributed by atoms with van der Waals surface area (Å²) in [6, 6.07) is 6.10. The van der Waals surface area contributed by atoms with E-state index in [2.05, 4.69) is 5.32 Å². The zero-order valence-corrected chi connectivity index (χ0v) is 12.0. The van der Waals surface area contributed by atoms with Crippen LogP contribution < -0.4 is 5.32 Å². The van der Waals surface area contributed by atoms with Gasteiger partial charge >= 0.3 is 0 Å². The van der Waals surface area contributed by atoms with Crippen LogP contribution in [-0.4, -0.2) is 11.2 Å². The minimum absolute atomic E-state index is 0.121. The molecular weight excluding hydrogens is 272 g/mol. The molecule has 0 aliphatic rings. The minimum Gasteiger partial charge on any atom is -0.466 e. The number of furan rings is 1. The van der Waals surface area contributed by atoms with E-state index in [9.17, 15) is 14.9 Å². The first kappa shape index (κ1) is 14.8. The number of carbonyl (C=O) groups is 1. The number of nitro groups is 1. The van der Waals surface area contributed by atoms with E-state index in [-0.39, 0.29) is 17.3 Å². The van der Waals surface area contributed by atoms with Gasteiger partial charge in [0.1, 0.15) is 23.5 Å². The summed E-state index contributed by atoms with van der Waals surface area (Å²) in [5, 5.41) is 14.2. The number of hydrogen-bond acceptors (Lipinski definition) is 5. The number of aldehydes is 1. The molecule has 21 heavy (non-hydrogen) atoms. The van der Waals surface area contributed by atoms with Crippen LogP contribution in [0.15, 0.2) is 28.7 Å². The Kier molecular flexibility index (Phi) is 4.07. The van der Waals surface area contributed by atoms with Gasteiger partial charge in [-0.1, -0.05) is 0 Å². The van der Waals surface area contributed by atoms with Crippen molar-refractivity contribution in [3.8, 4) is 0 Å². The lowest BCUT2D eigenvalue weighted by molar-refractivity contribution is -0.384. The molecular formula is C15H16N2O4. The molecule has 110 valence electrons. The van der Waals surface area contributed by atoms with Crippen molar-refractivity contribution in [3.63, 3.8) is 0 Å². The second-order valence-electron chi connectivity index (χ2n) is 4.89. The van der Waals surface area contributed by atoms with Crippen LogP contribution in [0.4, 0.5) is 11.4 Å². The predicted molar refractivity (Wildman–Crippen MR) is 78.7 cm³/mol. The zero-order valence-electron chi connectivity index (χ0n) is 12.0. The number of aryl methyl sites for hydroxylation is 2. The Morgan fingerprint density at radius 2 is 2.05 bits per heavy atom. The summed E-state index contributed by atoms with van der Waals surface area (Å²) < 4.78 is 5.47. The van der Waals surface area contributed by atoms with Gasteiger partial charge in [0, 0.05) is 17.2 Å². The van der Waals surface area contributed by atoms with E-state index in [1.807, 2.05) is 26.8 Å². The van der Waals surface area contributed by atoms with Crippen LogP contribution in [0.2, 0.25) is 0 Å². The number of benzene rings is 1. The summed E-state index contributed by atoms with van der Waals surface area (Å²) in [6.07, 6.45) is 0.587. The molecule has 1 aromatic carbocycles. The van der Waals surface area contributed by atoms with Crippen LogP contribution in [0.3, 0.4) is 0 Å². The Bertz CT molecular complexity index is 691. The van der Waals surface area contributed by atoms with Gasteiger partial charge in [0.15, 0.2) is 0 Å². The normalized spacial score (nSPS) is 12.0. The quantitative estimate of drug-likeness (QED) is 0.514. The topological polar surface area (TPSA) is 85.4 Å². The molecule has 2 aromatic rings. The molecule has 0 saturated heterocycles. The Hall–Kier alpha value is -2.63. The maximum atomic E-state index is 11.1. The van der Waals surface area contributed by atoms with Crippen molar-refractivity contribution < 1.29 is 14.1 Å². The molecule has 0 radical (unpaired) electrons. The zero-order chi connectivity index (χ0) is 15.6. The molecule has 0 spiro atoms. The molecule has 1 unspecified atom stereocenters. The maximum absolute atomic E-state index is 11.1. The highest BCUT2D eigenvalue weighted by Gasteiger charge is 2.19. The number of hydrogen-bond donors (Lipinski definition) is 1. The summed E-state index contributed by atoms with van der Waals surface area (Å²) in [5.74, 6) is 1.57. The van der Waals surface area contributed by atoms with Crippen molar-refractivity contribution in [2.24, 2.45) is 0 Å². The van der Waals surface area contributed by atoms with Crippen molar-refractivity contribution in [3.05, 3.63) is 57.0 Å². The first-order valence-corrected chi connectivity index (χ1v) is 6.49. The first-order chi connectivity index (χ1) is 9.92. The van der Waals surface area contributed by atoms with Crippen LogP contribution in [-0.2, 0) is 0 Å². The lowest BCUT2D eigenvalue weighted by Crippen LogP contribution is -2.09. The number of anilines is 1. The predicted octanol–water partition coefficient (Wildman–Crippen LogP) is 3.79. The number of nitrogens with zero attached hydrogens (tertiary/aromatic N) is 1. The molecule has 0 fully saturated rings. The summed E-state index contributed by atoms with van der Waals surface area (Å²) in [6.45, 7) is 5.60. The van der Waals surface area contributed by atoms with E-state index in [1.54, 1.807) is 12.1 Å². The van der Waals surface area contributed by atoms with Crippen molar-refractivity contribution in [2.75, 3.05) is 5.32 Å². The maximum Gasteiger partial charge on any atom is 0.293 e. The molecule has 0 aliphatic carbocycles. The van der Waals surface area contributed by atoms with Crippen LogP contribution in [0.5, 0.6) is 0 Å². The van der Waals surface area contributed by atoms with E-state index >= 15 is 0 Å². The van der Waals surface area contributed by atoms with Crippen molar-refractivity contribution in [1.82, 2.24) is 0 Å². The van der Waals surface area contributed by atoms with Gasteiger partial charge in [-0.05, 0) is 39.0 Å². The van der Waals surface area contributed by atoms with Gasteiger partial charge in [0.05, 0.1) is 11.0 Å². The Balaban J connectivity index is 2.32. The molecule has 6 heteroatoms. The molecule has 0 aliphatic heterocycles. The molecule has 1 heterocycles. The highest BCUT2D eigenvalue weighted by atomic mass is 16.6. The Morgan fingerprint density at radius 3 is 2.57 bits per heavy atom. The fourth-order valence-corrected chi connectivity index (χ4v) is 2.29. The molecule has 0 amide bonds. The summed E-state index contributed by atoms with van der Waals surface area (Å²) in [7, 11) is 0. The van der Waals surface area contributed by atoms with E-state index in [1.165, 1.54) is 6.07 Å². The molecule has 1 N–H and O–H groups in total. The average molecular weight is 288 g/mol.